The Balaban J connectivity index is 2.16. The van der Waals surface area contributed by atoms with E-state index in [9.17, 15) is 4.79 Å². The van der Waals surface area contributed by atoms with E-state index >= 15 is 0 Å². The van der Waals surface area contributed by atoms with Crippen LogP contribution in [0.3, 0.4) is 0 Å². The molecule has 1 aromatic heterocycles. The molecule has 0 radical (unpaired) electrons. The first-order chi connectivity index (χ1) is 8.60. The molecule has 2 rings (SSSR count). The largest absolute Gasteiger partial charge is 0.367 e. The predicted octanol–water partition coefficient (Wildman–Crippen LogP) is 1.43. The molecule has 1 fully saturated rings. The van der Waals surface area contributed by atoms with Gasteiger partial charge in [-0.25, -0.2) is 4.98 Å². The summed E-state index contributed by atoms with van der Waals surface area (Å²) >= 11 is 0. The molecular weight excluding hydrogens is 228 g/mol. The van der Waals surface area contributed by atoms with E-state index in [4.69, 9.17) is 5.73 Å². The number of nitrogens with one attached hydrogen (secondary N) is 2. The third kappa shape index (κ3) is 2.90. The molecule has 1 aromatic rings. The Morgan fingerprint density at radius 2 is 2.33 bits per heavy atom. The van der Waals surface area contributed by atoms with Gasteiger partial charge in [0.2, 0.25) is 0 Å². The third-order valence-electron chi connectivity index (χ3n) is 3.60. The minimum absolute atomic E-state index is 0.0986. The van der Waals surface area contributed by atoms with Crippen molar-refractivity contribution in [3.05, 3.63) is 22.2 Å². The van der Waals surface area contributed by atoms with Crippen LogP contribution in [0.1, 0.15) is 44.9 Å². The van der Waals surface area contributed by atoms with E-state index in [0.29, 0.717) is 24.3 Å². The molecule has 0 spiro atoms. The normalized spacial score (nSPS) is 23.6. The average Bonchev–Trinajstić information content (AvgIpc) is 2.75. The summed E-state index contributed by atoms with van der Waals surface area (Å²) in [5.74, 6) is 2.11. The third-order valence-corrected chi connectivity index (χ3v) is 3.60. The van der Waals surface area contributed by atoms with E-state index in [-0.39, 0.29) is 11.5 Å². The summed E-state index contributed by atoms with van der Waals surface area (Å²) in [7, 11) is 0. The van der Waals surface area contributed by atoms with Crippen molar-refractivity contribution in [1.82, 2.24) is 9.97 Å². The van der Waals surface area contributed by atoms with E-state index in [1.807, 2.05) is 13.8 Å². The van der Waals surface area contributed by atoms with Gasteiger partial charge >= 0.3 is 0 Å². The summed E-state index contributed by atoms with van der Waals surface area (Å²) in [6, 6.07) is 1.88. The zero-order valence-electron chi connectivity index (χ0n) is 11.1. The molecule has 1 aliphatic rings. The Kier molecular flexibility index (Phi) is 4.01. The SMILES string of the molecule is CC(C)c1nc(NC2CCCC2CN)cc(=O)[nH]1. The molecule has 4 N–H and O–H groups in total. The van der Waals surface area contributed by atoms with E-state index in [0.717, 1.165) is 18.7 Å². The van der Waals surface area contributed by atoms with Gasteiger partial charge in [-0.1, -0.05) is 20.3 Å². The van der Waals surface area contributed by atoms with Gasteiger partial charge in [0, 0.05) is 18.0 Å². The van der Waals surface area contributed by atoms with Crippen molar-refractivity contribution >= 4 is 5.82 Å². The molecule has 18 heavy (non-hydrogen) atoms. The first kappa shape index (κ1) is 13.1. The molecular formula is C13H22N4O. The molecule has 1 aliphatic carbocycles. The average molecular weight is 250 g/mol. The number of hydrogen-bond donors (Lipinski definition) is 3. The number of anilines is 1. The van der Waals surface area contributed by atoms with Gasteiger partial charge in [0.05, 0.1) is 0 Å². The van der Waals surface area contributed by atoms with Crippen molar-refractivity contribution in [2.24, 2.45) is 11.7 Å². The second kappa shape index (κ2) is 5.52. The zero-order valence-corrected chi connectivity index (χ0v) is 11.1. The van der Waals surface area contributed by atoms with Crippen LogP contribution in [-0.4, -0.2) is 22.6 Å². The quantitative estimate of drug-likeness (QED) is 0.755. The van der Waals surface area contributed by atoms with Gasteiger partial charge in [-0.05, 0) is 25.3 Å². The lowest BCUT2D eigenvalue weighted by Crippen LogP contribution is -2.30. The Morgan fingerprint density at radius 3 is 3.00 bits per heavy atom. The number of nitrogens with zero attached hydrogens (tertiary/aromatic N) is 1. The summed E-state index contributed by atoms with van der Waals surface area (Å²) in [4.78, 5) is 18.8. The van der Waals surface area contributed by atoms with Crippen molar-refractivity contribution < 1.29 is 0 Å². The Bertz CT molecular complexity index is 455. The van der Waals surface area contributed by atoms with Crippen LogP contribution in [0.5, 0.6) is 0 Å². The van der Waals surface area contributed by atoms with Crippen LogP contribution in [0.15, 0.2) is 10.9 Å². The molecule has 0 amide bonds. The number of nitrogens with two attached hydrogens (primary N) is 1. The van der Waals surface area contributed by atoms with Gasteiger partial charge in [-0.3, -0.25) is 4.79 Å². The maximum Gasteiger partial charge on any atom is 0.252 e. The van der Waals surface area contributed by atoms with Gasteiger partial charge in [0.25, 0.3) is 5.56 Å². The van der Waals surface area contributed by atoms with Crippen molar-refractivity contribution in [3.63, 3.8) is 0 Å². The highest BCUT2D eigenvalue weighted by molar-refractivity contribution is 5.35. The monoisotopic (exact) mass is 250 g/mol. The molecule has 0 aliphatic heterocycles. The van der Waals surface area contributed by atoms with E-state index < -0.39 is 0 Å². The van der Waals surface area contributed by atoms with Crippen molar-refractivity contribution in [2.45, 2.75) is 45.1 Å². The number of aromatic amines is 1. The molecule has 5 nitrogen and oxygen atoms in total. The number of rotatable bonds is 4. The summed E-state index contributed by atoms with van der Waals surface area (Å²) in [6.45, 7) is 4.72. The van der Waals surface area contributed by atoms with Crippen LogP contribution in [0.25, 0.3) is 0 Å². The summed E-state index contributed by atoms with van der Waals surface area (Å²) < 4.78 is 0. The van der Waals surface area contributed by atoms with Gasteiger partial charge in [0.1, 0.15) is 11.6 Å². The Morgan fingerprint density at radius 1 is 1.56 bits per heavy atom. The standard InChI is InChI=1S/C13H22N4O/c1-8(2)13-16-11(6-12(18)17-13)15-10-5-3-4-9(10)7-14/h6,8-10H,3-5,7,14H2,1-2H3,(H2,15,16,17,18). The summed E-state index contributed by atoms with van der Waals surface area (Å²) in [5.41, 5.74) is 5.66. The fraction of sp³-hybridized carbons (Fsp3) is 0.692. The molecule has 2 unspecified atom stereocenters. The Labute approximate surface area is 107 Å². The maximum absolute atomic E-state index is 11.6. The van der Waals surface area contributed by atoms with Crippen molar-refractivity contribution in [1.29, 1.82) is 0 Å². The molecule has 1 saturated carbocycles. The lowest BCUT2D eigenvalue weighted by atomic mass is 10.0. The molecule has 2 atom stereocenters. The number of H-pyrrole nitrogens is 1. The highest BCUT2D eigenvalue weighted by Crippen LogP contribution is 2.27. The van der Waals surface area contributed by atoms with Gasteiger partial charge < -0.3 is 16.0 Å². The van der Waals surface area contributed by atoms with Crippen molar-refractivity contribution in [3.8, 4) is 0 Å². The highest BCUT2D eigenvalue weighted by Gasteiger charge is 2.26. The predicted molar refractivity (Wildman–Crippen MR) is 72.8 cm³/mol. The second-order valence-corrected chi connectivity index (χ2v) is 5.35. The number of aromatic nitrogens is 2. The fourth-order valence-electron chi connectivity index (χ4n) is 2.52. The van der Waals surface area contributed by atoms with Gasteiger partial charge in [0.15, 0.2) is 0 Å². The summed E-state index contributed by atoms with van der Waals surface area (Å²) in [5, 5.41) is 3.37. The fourth-order valence-corrected chi connectivity index (χ4v) is 2.52. The lowest BCUT2D eigenvalue weighted by Gasteiger charge is -2.20. The van der Waals surface area contributed by atoms with E-state index in [2.05, 4.69) is 15.3 Å². The van der Waals surface area contributed by atoms with Gasteiger partial charge in [-0.2, -0.15) is 0 Å². The maximum atomic E-state index is 11.6. The minimum atomic E-state index is -0.0986. The molecule has 100 valence electrons. The minimum Gasteiger partial charge on any atom is -0.367 e. The van der Waals surface area contributed by atoms with Crippen LogP contribution >= 0.6 is 0 Å². The smallest absolute Gasteiger partial charge is 0.252 e. The van der Waals surface area contributed by atoms with Gasteiger partial charge in [-0.15, -0.1) is 0 Å². The number of hydrogen-bond acceptors (Lipinski definition) is 4. The van der Waals surface area contributed by atoms with Crippen LogP contribution in [0.2, 0.25) is 0 Å². The first-order valence-electron chi connectivity index (χ1n) is 6.68. The summed E-state index contributed by atoms with van der Waals surface area (Å²) in [6.07, 6.45) is 3.46. The van der Waals surface area contributed by atoms with Crippen LogP contribution in [0.4, 0.5) is 5.82 Å². The Hall–Kier alpha value is -1.36. The van der Waals surface area contributed by atoms with E-state index in [1.54, 1.807) is 0 Å². The van der Waals surface area contributed by atoms with Crippen LogP contribution in [0, 0.1) is 5.92 Å². The molecule has 0 aromatic carbocycles. The topological polar surface area (TPSA) is 83.8 Å². The van der Waals surface area contributed by atoms with Crippen molar-refractivity contribution in [2.75, 3.05) is 11.9 Å². The molecule has 0 bridgehead atoms. The lowest BCUT2D eigenvalue weighted by molar-refractivity contribution is 0.515. The highest BCUT2D eigenvalue weighted by atomic mass is 16.1. The zero-order chi connectivity index (χ0) is 13.1. The van der Waals surface area contributed by atoms with Crippen LogP contribution in [-0.2, 0) is 0 Å². The first-order valence-corrected chi connectivity index (χ1v) is 6.68. The molecule has 5 heteroatoms. The molecule has 1 heterocycles. The van der Waals surface area contributed by atoms with E-state index in [1.165, 1.54) is 12.5 Å². The molecule has 0 saturated heterocycles. The van der Waals surface area contributed by atoms with Crippen LogP contribution < -0.4 is 16.6 Å². The second-order valence-electron chi connectivity index (χ2n) is 5.35.